The lowest BCUT2D eigenvalue weighted by Gasteiger charge is -2.03. The van der Waals surface area contributed by atoms with E-state index in [1.165, 1.54) is 0 Å². The summed E-state index contributed by atoms with van der Waals surface area (Å²) in [5.41, 5.74) is 0. The molecule has 1 saturated heterocycles. The highest BCUT2D eigenvalue weighted by molar-refractivity contribution is 7.99. The monoisotopic (exact) mass is 244 g/mol. The highest BCUT2D eigenvalue weighted by Crippen LogP contribution is 2.20. The van der Waals surface area contributed by atoms with Gasteiger partial charge in [0.25, 0.3) is 5.22 Å². The van der Waals surface area contributed by atoms with Crippen LogP contribution >= 0.6 is 11.8 Å². The Balaban J connectivity index is 1.84. The van der Waals surface area contributed by atoms with Crippen LogP contribution in [0.15, 0.2) is 9.64 Å². The Bertz CT molecular complexity index is 362. The average molecular weight is 244 g/mol. The molecule has 0 aromatic carbocycles. The third-order valence-electron chi connectivity index (χ3n) is 2.19. The number of nitrogens with zero attached hydrogens (tertiary/aromatic N) is 2. The van der Waals surface area contributed by atoms with E-state index in [4.69, 9.17) is 14.3 Å². The Labute approximate surface area is 96.4 Å². The van der Waals surface area contributed by atoms with Crippen LogP contribution in [0.25, 0.3) is 0 Å². The topological polar surface area (TPSA) is 85.5 Å². The second-order valence-corrected chi connectivity index (χ2v) is 4.41. The number of aromatic nitrogens is 2. The Morgan fingerprint density at radius 2 is 2.44 bits per heavy atom. The summed E-state index contributed by atoms with van der Waals surface area (Å²) in [6, 6.07) is 0. The third-order valence-corrected chi connectivity index (χ3v) is 3.00. The van der Waals surface area contributed by atoms with Gasteiger partial charge in [0, 0.05) is 6.61 Å². The number of hydrogen-bond acceptors (Lipinski definition) is 6. The zero-order chi connectivity index (χ0) is 11.4. The van der Waals surface area contributed by atoms with Gasteiger partial charge in [-0.1, -0.05) is 11.8 Å². The van der Waals surface area contributed by atoms with Crippen molar-refractivity contribution in [1.82, 2.24) is 10.2 Å². The molecule has 7 heteroatoms. The molecule has 6 nitrogen and oxygen atoms in total. The van der Waals surface area contributed by atoms with Crippen LogP contribution in [0.2, 0.25) is 0 Å². The van der Waals surface area contributed by atoms with Gasteiger partial charge < -0.3 is 14.3 Å². The van der Waals surface area contributed by atoms with E-state index in [2.05, 4.69) is 10.2 Å². The Morgan fingerprint density at radius 3 is 3.12 bits per heavy atom. The maximum atomic E-state index is 10.3. The van der Waals surface area contributed by atoms with Crippen LogP contribution in [0.4, 0.5) is 0 Å². The molecule has 1 atom stereocenters. The molecular formula is C9H12N2O4S. The molecule has 88 valence electrons. The Kier molecular flexibility index (Phi) is 3.79. The van der Waals surface area contributed by atoms with Crippen molar-refractivity contribution in [3.8, 4) is 0 Å². The number of aliphatic carboxylic acids is 1. The van der Waals surface area contributed by atoms with Crippen LogP contribution in [-0.2, 0) is 16.0 Å². The molecule has 1 N–H and O–H groups in total. The SMILES string of the molecule is O=C(O)CSc1nnc(CC2CCCO2)o1. The van der Waals surface area contributed by atoms with Crippen molar-refractivity contribution in [2.75, 3.05) is 12.4 Å². The van der Waals surface area contributed by atoms with Gasteiger partial charge in [-0.05, 0) is 12.8 Å². The molecule has 0 spiro atoms. The van der Waals surface area contributed by atoms with Gasteiger partial charge in [0.05, 0.1) is 12.5 Å². The van der Waals surface area contributed by atoms with Crippen LogP contribution in [-0.4, -0.2) is 39.7 Å². The summed E-state index contributed by atoms with van der Waals surface area (Å²) in [6.45, 7) is 0.791. The lowest BCUT2D eigenvalue weighted by molar-refractivity contribution is -0.133. The fourth-order valence-corrected chi connectivity index (χ4v) is 2.00. The van der Waals surface area contributed by atoms with Gasteiger partial charge in [-0.3, -0.25) is 4.79 Å². The first-order valence-electron chi connectivity index (χ1n) is 5.02. The molecule has 0 amide bonds. The number of carboxylic acid groups (broad SMARTS) is 1. The van der Waals surface area contributed by atoms with E-state index in [1.807, 2.05) is 0 Å². The van der Waals surface area contributed by atoms with Crippen molar-refractivity contribution in [2.45, 2.75) is 30.6 Å². The van der Waals surface area contributed by atoms with Crippen LogP contribution in [0, 0.1) is 0 Å². The van der Waals surface area contributed by atoms with Crippen molar-refractivity contribution in [1.29, 1.82) is 0 Å². The van der Waals surface area contributed by atoms with E-state index in [9.17, 15) is 4.79 Å². The molecule has 0 bridgehead atoms. The van der Waals surface area contributed by atoms with Gasteiger partial charge >= 0.3 is 5.97 Å². The number of rotatable bonds is 5. The molecular weight excluding hydrogens is 232 g/mol. The van der Waals surface area contributed by atoms with Gasteiger partial charge in [0.15, 0.2) is 0 Å². The summed E-state index contributed by atoms with van der Waals surface area (Å²) in [7, 11) is 0. The summed E-state index contributed by atoms with van der Waals surface area (Å²) in [6.07, 6.45) is 2.86. The lowest BCUT2D eigenvalue weighted by Crippen LogP contribution is -2.08. The van der Waals surface area contributed by atoms with Crippen molar-refractivity contribution < 1.29 is 19.1 Å². The predicted octanol–water partition coefficient (Wildman–Crippen LogP) is 0.968. The van der Waals surface area contributed by atoms with Gasteiger partial charge in [0.2, 0.25) is 5.89 Å². The van der Waals surface area contributed by atoms with Crippen molar-refractivity contribution in [3.05, 3.63) is 5.89 Å². The first-order valence-corrected chi connectivity index (χ1v) is 6.01. The fraction of sp³-hybridized carbons (Fsp3) is 0.667. The van der Waals surface area contributed by atoms with Gasteiger partial charge in [0.1, 0.15) is 5.75 Å². The second kappa shape index (κ2) is 5.31. The Morgan fingerprint density at radius 1 is 1.56 bits per heavy atom. The fourth-order valence-electron chi connectivity index (χ4n) is 1.50. The van der Waals surface area contributed by atoms with Gasteiger partial charge in [-0.15, -0.1) is 10.2 Å². The lowest BCUT2D eigenvalue weighted by atomic mass is 10.2. The number of ether oxygens (including phenoxy) is 1. The zero-order valence-corrected chi connectivity index (χ0v) is 9.40. The minimum Gasteiger partial charge on any atom is -0.481 e. The van der Waals surface area contributed by atoms with Crippen molar-refractivity contribution in [3.63, 3.8) is 0 Å². The molecule has 0 aliphatic carbocycles. The molecule has 1 aromatic heterocycles. The highest BCUT2D eigenvalue weighted by Gasteiger charge is 2.19. The quantitative estimate of drug-likeness (QED) is 0.772. The standard InChI is InChI=1S/C9H12N2O4S/c12-8(13)5-16-9-11-10-7(15-9)4-6-2-1-3-14-6/h6H,1-5H2,(H,12,13). The van der Waals surface area contributed by atoms with Crippen molar-refractivity contribution >= 4 is 17.7 Å². The maximum absolute atomic E-state index is 10.3. The average Bonchev–Trinajstić information content (AvgIpc) is 2.87. The summed E-state index contributed by atoms with van der Waals surface area (Å²) in [5.74, 6) is -0.453. The molecule has 1 aliphatic heterocycles. The molecule has 0 radical (unpaired) electrons. The van der Waals surface area contributed by atoms with E-state index < -0.39 is 5.97 Å². The summed E-state index contributed by atoms with van der Waals surface area (Å²) >= 11 is 1.03. The number of hydrogen-bond donors (Lipinski definition) is 1. The summed E-state index contributed by atoms with van der Waals surface area (Å²) in [5, 5.41) is 16.4. The summed E-state index contributed by atoms with van der Waals surface area (Å²) in [4.78, 5) is 10.3. The van der Waals surface area contributed by atoms with E-state index >= 15 is 0 Å². The third kappa shape index (κ3) is 3.21. The maximum Gasteiger partial charge on any atom is 0.314 e. The minimum atomic E-state index is -0.899. The summed E-state index contributed by atoms with van der Waals surface area (Å²) < 4.78 is 10.7. The molecule has 16 heavy (non-hydrogen) atoms. The molecule has 2 heterocycles. The smallest absolute Gasteiger partial charge is 0.314 e. The predicted molar refractivity (Wildman–Crippen MR) is 55.3 cm³/mol. The van der Waals surface area contributed by atoms with Crippen molar-refractivity contribution in [2.24, 2.45) is 0 Å². The minimum absolute atomic E-state index is 0.0679. The zero-order valence-electron chi connectivity index (χ0n) is 8.59. The van der Waals surface area contributed by atoms with Crippen LogP contribution in [0.1, 0.15) is 18.7 Å². The van der Waals surface area contributed by atoms with E-state index in [0.29, 0.717) is 17.5 Å². The van der Waals surface area contributed by atoms with E-state index in [-0.39, 0.29) is 11.9 Å². The van der Waals surface area contributed by atoms with Crippen LogP contribution in [0.3, 0.4) is 0 Å². The van der Waals surface area contributed by atoms with Crippen LogP contribution in [0.5, 0.6) is 0 Å². The molecule has 1 unspecified atom stereocenters. The Hall–Kier alpha value is -1.08. The number of carbonyl (C=O) groups is 1. The van der Waals surface area contributed by atoms with Gasteiger partial charge in [-0.2, -0.15) is 0 Å². The molecule has 1 aliphatic rings. The first-order chi connectivity index (χ1) is 7.74. The first kappa shape index (κ1) is 11.4. The molecule has 0 saturated carbocycles. The van der Waals surface area contributed by atoms with E-state index in [0.717, 1.165) is 31.2 Å². The molecule has 1 fully saturated rings. The molecule has 2 rings (SSSR count). The van der Waals surface area contributed by atoms with Crippen LogP contribution < -0.4 is 0 Å². The normalized spacial score (nSPS) is 20.1. The largest absolute Gasteiger partial charge is 0.481 e. The number of carboxylic acids is 1. The second-order valence-electron chi connectivity index (χ2n) is 3.48. The molecule has 1 aromatic rings. The van der Waals surface area contributed by atoms with Gasteiger partial charge in [-0.25, -0.2) is 0 Å². The number of thioether (sulfide) groups is 1. The highest BCUT2D eigenvalue weighted by atomic mass is 32.2. The van der Waals surface area contributed by atoms with E-state index in [1.54, 1.807) is 0 Å².